The molecule has 0 bridgehead atoms. The molecule has 2 aromatic carbocycles. The molecule has 2 rings (SSSR count). The molecule has 27 heavy (non-hydrogen) atoms. The quantitative estimate of drug-likeness (QED) is 0.303. The highest BCUT2D eigenvalue weighted by atomic mass is 35.5. The third-order valence-corrected chi connectivity index (χ3v) is 3.98. The Kier molecular flexibility index (Phi) is 7.21. The number of ether oxygens (including phenoxy) is 3. The molecule has 0 amide bonds. The number of rotatable bonds is 6. The van der Waals surface area contributed by atoms with Crippen molar-refractivity contribution >= 4 is 41.2 Å². The Balaban J connectivity index is 2.28. The highest BCUT2D eigenvalue weighted by Gasteiger charge is 2.20. The van der Waals surface area contributed by atoms with E-state index in [2.05, 4.69) is 9.47 Å². The van der Waals surface area contributed by atoms with Crippen molar-refractivity contribution in [1.29, 1.82) is 0 Å². The smallest absolute Gasteiger partial charge is 0.345 e. The molecule has 2 aromatic rings. The Hall–Kier alpha value is -2.57. The zero-order valence-electron chi connectivity index (χ0n) is 14.4. The number of halogens is 3. The van der Waals surface area contributed by atoms with Gasteiger partial charge in [0, 0.05) is 0 Å². The third kappa shape index (κ3) is 5.45. The highest BCUT2D eigenvalue weighted by Crippen LogP contribution is 2.35. The zero-order chi connectivity index (χ0) is 20.0. The predicted molar refractivity (Wildman–Crippen MR) is 99.2 cm³/mol. The molecule has 0 N–H and O–H groups in total. The minimum absolute atomic E-state index is 0.0575. The minimum Gasteiger partial charge on any atom is -0.486 e. The Morgan fingerprint density at radius 1 is 1.04 bits per heavy atom. The molecule has 8 heteroatoms. The summed E-state index contributed by atoms with van der Waals surface area (Å²) in [6.45, 7) is 0.0575. The fourth-order valence-electron chi connectivity index (χ4n) is 2.17. The largest absolute Gasteiger partial charge is 0.486 e. The second-order valence-corrected chi connectivity index (χ2v) is 6.09. The molecule has 0 aromatic heterocycles. The van der Waals surface area contributed by atoms with Crippen LogP contribution in [0.4, 0.5) is 4.39 Å². The highest BCUT2D eigenvalue weighted by molar-refractivity contribution is 6.37. The van der Waals surface area contributed by atoms with Gasteiger partial charge in [-0.25, -0.2) is 14.0 Å². The van der Waals surface area contributed by atoms with E-state index in [1.165, 1.54) is 30.3 Å². The first kappa shape index (κ1) is 20.7. The average molecular weight is 413 g/mol. The van der Waals surface area contributed by atoms with Crippen molar-refractivity contribution in [2.75, 3.05) is 14.2 Å². The lowest BCUT2D eigenvalue weighted by molar-refractivity contribution is -0.143. The van der Waals surface area contributed by atoms with Crippen LogP contribution < -0.4 is 4.74 Å². The van der Waals surface area contributed by atoms with E-state index in [-0.39, 0.29) is 33.8 Å². The Morgan fingerprint density at radius 3 is 2.15 bits per heavy atom. The number of esters is 2. The van der Waals surface area contributed by atoms with Crippen molar-refractivity contribution in [2.45, 2.75) is 6.61 Å². The van der Waals surface area contributed by atoms with Crippen LogP contribution in [0.5, 0.6) is 5.75 Å². The lowest BCUT2D eigenvalue weighted by atomic mass is 10.1. The number of hydrogen-bond donors (Lipinski definition) is 0. The van der Waals surface area contributed by atoms with E-state index in [9.17, 15) is 14.0 Å². The maximum Gasteiger partial charge on any atom is 0.345 e. The van der Waals surface area contributed by atoms with Crippen molar-refractivity contribution in [1.82, 2.24) is 0 Å². The van der Waals surface area contributed by atoms with Crippen LogP contribution in [0.1, 0.15) is 11.1 Å². The summed E-state index contributed by atoms with van der Waals surface area (Å²) in [5.74, 6) is -1.91. The molecule has 0 unspecified atom stereocenters. The summed E-state index contributed by atoms with van der Waals surface area (Å²) in [5.41, 5.74) is 0.652. The van der Waals surface area contributed by atoms with Gasteiger partial charge in [-0.15, -0.1) is 0 Å². The molecular weight excluding hydrogens is 398 g/mol. The van der Waals surface area contributed by atoms with Crippen LogP contribution in [-0.2, 0) is 25.7 Å². The van der Waals surface area contributed by atoms with Gasteiger partial charge in [-0.3, -0.25) is 0 Å². The topological polar surface area (TPSA) is 61.8 Å². The second kappa shape index (κ2) is 9.39. The lowest BCUT2D eigenvalue weighted by Gasteiger charge is -2.11. The van der Waals surface area contributed by atoms with Gasteiger partial charge < -0.3 is 14.2 Å². The molecular formula is C19H15Cl2FO5. The SMILES string of the molecule is COC(=O)C(=Cc1cc(Cl)c(OCc2cccc(F)c2)c(Cl)c1)C(=O)OC. The van der Waals surface area contributed by atoms with Crippen molar-refractivity contribution in [3.05, 3.63) is 69.0 Å². The molecule has 0 radical (unpaired) electrons. The van der Waals surface area contributed by atoms with Gasteiger partial charge in [0.2, 0.25) is 0 Å². The first-order valence-electron chi connectivity index (χ1n) is 7.60. The summed E-state index contributed by atoms with van der Waals surface area (Å²) in [7, 11) is 2.28. The number of hydrogen-bond acceptors (Lipinski definition) is 5. The van der Waals surface area contributed by atoms with Gasteiger partial charge in [0.1, 0.15) is 18.0 Å². The summed E-state index contributed by atoms with van der Waals surface area (Å²) >= 11 is 12.4. The molecule has 142 valence electrons. The Bertz CT molecular complexity index is 854. The van der Waals surface area contributed by atoms with Crippen LogP contribution in [0, 0.1) is 5.82 Å². The molecule has 0 saturated heterocycles. The van der Waals surface area contributed by atoms with E-state index in [0.29, 0.717) is 11.1 Å². The number of benzene rings is 2. The number of carbonyl (C=O) groups excluding carboxylic acids is 2. The molecule has 0 aliphatic heterocycles. The fraction of sp³-hybridized carbons (Fsp3) is 0.158. The van der Waals surface area contributed by atoms with Gasteiger partial charge in [-0.2, -0.15) is 0 Å². The maximum atomic E-state index is 13.2. The van der Waals surface area contributed by atoms with Crippen molar-refractivity contribution < 1.29 is 28.2 Å². The van der Waals surface area contributed by atoms with E-state index in [4.69, 9.17) is 27.9 Å². The van der Waals surface area contributed by atoms with Gasteiger partial charge in [0.25, 0.3) is 0 Å². The van der Waals surface area contributed by atoms with Gasteiger partial charge >= 0.3 is 11.9 Å². The van der Waals surface area contributed by atoms with E-state index < -0.39 is 11.9 Å². The predicted octanol–water partition coefficient (Wildman–Crippen LogP) is 4.44. The molecule has 0 spiro atoms. The van der Waals surface area contributed by atoms with Gasteiger partial charge in [0.15, 0.2) is 5.75 Å². The monoisotopic (exact) mass is 412 g/mol. The van der Waals surface area contributed by atoms with Crippen LogP contribution in [0.3, 0.4) is 0 Å². The normalized spacial score (nSPS) is 10.1. The fourth-order valence-corrected chi connectivity index (χ4v) is 2.78. The van der Waals surface area contributed by atoms with Crippen molar-refractivity contribution in [3.8, 4) is 5.75 Å². The van der Waals surface area contributed by atoms with E-state index in [0.717, 1.165) is 14.2 Å². The number of methoxy groups -OCH3 is 2. The lowest BCUT2D eigenvalue weighted by Crippen LogP contribution is -2.15. The molecule has 0 aliphatic rings. The summed E-state index contributed by atoms with van der Waals surface area (Å²) in [6.07, 6.45) is 1.24. The van der Waals surface area contributed by atoms with Crippen LogP contribution in [0.15, 0.2) is 42.0 Å². The van der Waals surface area contributed by atoms with Crippen LogP contribution >= 0.6 is 23.2 Å². The molecule has 0 heterocycles. The summed E-state index contributed by atoms with van der Waals surface area (Å²) in [4.78, 5) is 23.5. The van der Waals surface area contributed by atoms with Crippen LogP contribution in [-0.4, -0.2) is 26.2 Å². The Labute approximate surface area is 165 Å². The molecule has 0 fully saturated rings. The van der Waals surface area contributed by atoms with Crippen LogP contribution in [0.2, 0.25) is 10.0 Å². The molecule has 0 aliphatic carbocycles. The van der Waals surface area contributed by atoms with E-state index >= 15 is 0 Å². The Morgan fingerprint density at radius 2 is 1.63 bits per heavy atom. The second-order valence-electron chi connectivity index (χ2n) is 5.27. The molecule has 0 saturated carbocycles. The third-order valence-electron chi connectivity index (χ3n) is 3.41. The first-order valence-corrected chi connectivity index (χ1v) is 8.36. The maximum absolute atomic E-state index is 13.2. The van der Waals surface area contributed by atoms with Gasteiger partial charge in [0.05, 0.1) is 24.3 Å². The number of carbonyl (C=O) groups is 2. The minimum atomic E-state index is -0.861. The summed E-state index contributed by atoms with van der Waals surface area (Å²) in [6, 6.07) is 8.83. The summed E-state index contributed by atoms with van der Waals surface area (Å²) < 4.78 is 27.9. The van der Waals surface area contributed by atoms with Gasteiger partial charge in [-0.1, -0.05) is 35.3 Å². The van der Waals surface area contributed by atoms with Crippen LogP contribution in [0.25, 0.3) is 6.08 Å². The van der Waals surface area contributed by atoms with Crippen molar-refractivity contribution in [2.24, 2.45) is 0 Å². The average Bonchev–Trinajstić information content (AvgIpc) is 2.64. The first-order chi connectivity index (χ1) is 12.8. The molecule has 0 atom stereocenters. The molecule has 5 nitrogen and oxygen atoms in total. The standard InChI is InChI=1S/C19H15Cl2FO5/c1-25-18(23)14(19(24)26-2)7-12-8-15(20)17(16(21)9-12)27-10-11-4-3-5-13(22)6-11/h3-9H,10H2,1-2H3. The van der Waals surface area contributed by atoms with Crippen molar-refractivity contribution in [3.63, 3.8) is 0 Å². The summed E-state index contributed by atoms with van der Waals surface area (Å²) in [5, 5.41) is 0.304. The zero-order valence-corrected chi connectivity index (χ0v) is 15.9. The van der Waals surface area contributed by atoms with Gasteiger partial charge in [-0.05, 0) is 41.5 Å². The van der Waals surface area contributed by atoms with E-state index in [1.807, 2.05) is 0 Å². The van der Waals surface area contributed by atoms with E-state index in [1.54, 1.807) is 12.1 Å².